The molecule has 1 atom stereocenters. The van der Waals surface area contributed by atoms with Crippen LogP contribution in [0.1, 0.15) is 0 Å². The summed E-state index contributed by atoms with van der Waals surface area (Å²) in [6, 6.07) is 0. The fourth-order valence-electron chi connectivity index (χ4n) is 0.355. The molecule has 0 aromatic carbocycles. The Bertz CT molecular complexity index is 78.9. The van der Waals surface area contributed by atoms with Gasteiger partial charge in [-0.1, -0.05) is 0 Å². The van der Waals surface area contributed by atoms with Crippen molar-refractivity contribution < 1.29 is 4.81 Å². The van der Waals surface area contributed by atoms with E-state index < -0.39 is 0 Å². The second-order valence-corrected chi connectivity index (χ2v) is 2.19. The molecule has 4 heteroatoms. The molecule has 6 heavy (non-hydrogen) atoms. The molecular weight excluding hydrogens is 97.0 g/mol. The normalized spacial score (nSPS) is 25.0. The highest BCUT2D eigenvalue weighted by atomic mass is 31.1. The van der Waals surface area contributed by atoms with Crippen LogP contribution in [0.2, 0.25) is 0 Å². The first-order valence-electron chi connectivity index (χ1n) is 1.85. The molecule has 2 N–H and O–H groups in total. The standard InChI is InChI=1S/C2H7N3P/c3-5-1-2-6-4-5/h6H,1-2H2,(H2,3,4)/q+1. The maximum Gasteiger partial charge on any atom is 0.205 e. The van der Waals surface area contributed by atoms with Crippen molar-refractivity contribution in [3.63, 3.8) is 0 Å². The third kappa shape index (κ3) is 0.658. The van der Waals surface area contributed by atoms with Crippen molar-refractivity contribution in [1.29, 1.82) is 0 Å². The van der Waals surface area contributed by atoms with Gasteiger partial charge in [0.1, 0.15) is 0 Å². The Labute approximate surface area is 38.0 Å². The highest BCUT2D eigenvalue weighted by molar-refractivity contribution is 7.36. The van der Waals surface area contributed by atoms with Crippen molar-refractivity contribution in [2.45, 2.75) is 0 Å². The quantitative estimate of drug-likeness (QED) is 0.261. The van der Waals surface area contributed by atoms with E-state index in [0.717, 1.165) is 12.7 Å². The lowest BCUT2D eigenvalue weighted by molar-refractivity contribution is -0.587. The van der Waals surface area contributed by atoms with Crippen molar-refractivity contribution in [3.05, 3.63) is 0 Å². The van der Waals surface area contributed by atoms with Crippen LogP contribution in [0.25, 0.3) is 0 Å². The topological polar surface area (TPSA) is 41.4 Å². The van der Waals surface area contributed by atoms with Crippen LogP contribution in [-0.2, 0) is 0 Å². The van der Waals surface area contributed by atoms with E-state index in [2.05, 4.69) is 4.88 Å². The van der Waals surface area contributed by atoms with Crippen LogP contribution in [-0.4, -0.2) is 17.5 Å². The van der Waals surface area contributed by atoms with Gasteiger partial charge in [-0.15, -0.1) is 0 Å². The van der Waals surface area contributed by atoms with Gasteiger partial charge in [0.25, 0.3) is 0 Å². The molecule has 3 nitrogen and oxygen atoms in total. The molecule has 0 aromatic rings. The minimum absolute atomic E-state index is 0.715. The van der Waals surface area contributed by atoms with E-state index in [1.54, 1.807) is 0 Å². The van der Waals surface area contributed by atoms with Gasteiger partial charge in [-0.05, 0) is 4.81 Å². The Morgan fingerprint density at radius 1 is 1.83 bits per heavy atom. The molecule has 34 valence electrons. The van der Waals surface area contributed by atoms with Crippen LogP contribution >= 0.6 is 8.73 Å². The molecule has 1 aliphatic heterocycles. The van der Waals surface area contributed by atoms with Crippen LogP contribution < -0.4 is 5.84 Å². The predicted octanol–water partition coefficient (Wildman–Crippen LogP) is -0.0681. The molecule has 0 fully saturated rings. The van der Waals surface area contributed by atoms with E-state index in [4.69, 9.17) is 5.84 Å². The monoisotopic (exact) mass is 104 g/mol. The molecule has 0 saturated heterocycles. The minimum Gasteiger partial charge on any atom is -0.186 e. The van der Waals surface area contributed by atoms with Crippen LogP contribution in [0.4, 0.5) is 0 Å². The van der Waals surface area contributed by atoms with Gasteiger partial charge in [0.2, 0.25) is 6.54 Å². The Balaban J connectivity index is 2.45. The van der Waals surface area contributed by atoms with E-state index in [0.29, 0.717) is 8.73 Å². The van der Waals surface area contributed by atoms with Gasteiger partial charge in [-0.25, -0.2) is 0 Å². The van der Waals surface area contributed by atoms with Gasteiger partial charge in [-0.2, -0.15) is 5.84 Å². The number of hydrogen-bond donors (Lipinski definition) is 1. The zero-order valence-corrected chi connectivity index (χ0v) is 4.39. The minimum atomic E-state index is 0.715. The van der Waals surface area contributed by atoms with Crippen molar-refractivity contribution in [3.8, 4) is 0 Å². The summed E-state index contributed by atoms with van der Waals surface area (Å²) in [6.07, 6.45) is 1.15. The molecule has 0 spiro atoms. The summed E-state index contributed by atoms with van der Waals surface area (Å²) in [5, 5.41) is 0. The molecule has 0 aliphatic carbocycles. The molecule has 1 heterocycles. The lowest BCUT2D eigenvalue weighted by Crippen LogP contribution is -2.14. The van der Waals surface area contributed by atoms with E-state index in [-0.39, 0.29) is 0 Å². The molecule has 1 rings (SSSR count). The highest BCUT2D eigenvalue weighted by Crippen LogP contribution is 2.14. The summed E-state index contributed by atoms with van der Waals surface area (Å²) < 4.78 is 0. The molecule has 0 amide bonds. The number of nitrogens with zero attached hydrogens (tertiary/aromatic N) is 2. The fourth-order valence-corrected chi connectivity index (χ4v) is 1.07. The summed E-state index contributed by atoms with van der Waals surface area (Å²) in [5.74, 6) is 5.21. The van der Waals surface area contributed by atoms with Gasteiger partial charge >= 0.3 is 0 Å². The van der Waals surface area contributed by atoms with Crippen LogP contribution in [0.15, 0.2) is 4.88 Å². The number of rotatable bonds is 0. The van der Waals surface area contributed by atoms with E-state index in [9.17, 15) is 0 Å². The summed E-state index contributed by atoms with van der Waals surface area (Å²) >= 11 is 0. The van der Waals surface area contributed by atoms with E-state index in [1.165, 1.54) is 4.81 Å². The summed E-state index contributed by atoms with van der Waals surface area (Å²) in [5.41, 5.74) is 0. The van der Waals surface area contributed by atoms with Crippen LogP contribution in [0.5, 0.6) is 0 Å². The van der Waals surface area contributed by atoms with E-state index >= 15 is 0 Å². The Kier molecular flexibility index (Phi) is 1.01. The average molecular weight is 104 g/mol. The smallest absolute Gasteiger partial charge is 0.186 e. The Hall–Kier alpha value is -0.170. The van der Waals surface area contributed by atoms with Gasteiger partial charge in [0, 0.05) is 4.88 Å². The van der Waals surface area contributed by atoms with Crippen molar-refractivity contribution in [1.82, 2.24) is 0 Å². The maximum atomic E-state index is 5.21. The van der Waals surface area contributed by atoms with Crippen molar-refractivity contribution in [2.24, 2.45) is 10.7 Å². The summed E-state index contributed by atoms with van der Waals surface area (Å²) in [7, 11) is 0.715. The predicted molar refractivity (Wildman–Crippen MR) is 24.9 cm³/mol. The zero-order valence-electron chi connectivity index (χ0n) is 3.39. The maximum absolute atomic E-state index is 5.21. The third-order valence-electron chi connectivity index (χ3n) is 0.652. The molecule has 0 radical (unpaired) electrons. The zero-order chi connectivity index (χ0) is 4.41. The Morgan fingerprint density at radius 2 is 2.67 bits per heavy atom. The Morgan fingerprint density at radius 3 is 2.83 bits per heavy atom. The van der Waals surface area contributed by atoms with Gasteiger partial charge in [-0.3, -0.25) is 0 Å². The molecule has 0 aromatic heterocycles. The molecular formula is C2H7N3P+. The van der Waals surface area contributed by atoms with Crippen molar-refractivity contribution in [2.75, 3.05) is 12.7 Å². The highest BCUT2D eigenvalue weighted by Gasteiger charge is 2.06. The summed E-state index contributed by atoms with van der Waals surface area (Å²) in [6.45, 7) is 0.943. The van der Waals surface area contributed by atoms with Gasteiger partial charge < -0.3 is 0 Å². The second kappa shape index (κ2) is 1.52. The molecule has 1 aliphatic rings. The molecule has 0 bridgehead atoms. The first-order valence-corrected chi connectivity index (χ1v) is 3.01. The van der Waals surface area contributed by atoms with Gasteiger partial charge in [0.05, 0.1) is 14.9 Å². The molecule has 1 unspecified atom stereocenters. The largest absolute Gasteiger partial charge is 0.205 e. The number of nitrogens with two attached hydrogens (primary N) is 1. The molecule has 0 saturated carbocycles. The lowest BCUT2D eigenvalue weighted by Gasteiger charge is -1.71. The van der Waals surface area contributed by atoms with Crippen LogP contribution in [0.3, 0.4) is 0 Å². The third-order valence-corrected chi connectivity index (χ3v) is 1.50. The van der Waals surface area contributed by atoms with Crippen molar-refractivity contribution >= 4 is 8.73 Å². The second-order valence-electron chi connectivity index (χ2n) is 1.17. The summed E-state index contributed by atoms with van der Waals surface area (Å²) in [4.78, 5) is 5.37. The lowest BCUT2D eigenvalue weighted by atomic mass is 10.8. The first-order chi connectivity index (χ1) is 2.89. The SMILES string of the molecule is N[N+]1=NPCC1. The van der Waals surface area contributed by atoms with E-state index in [1.807, 2.05) is 0 Å². The number of hydrazine groups is 1. The number of hydrogen-bond acceptors (Lipinski definition) is 2. The fraction of sp³-hybridized carbons (Fsp3) is 1.00. The van der Waals surface area contributed by atoms with Gasteiger partial charge in [0.15, 0.2) is 0 Å². The average Bonchev–Trinajstić information content (AvgIpc) is 1.86. The van der Waals surface area contributed by atoms with Crippen LogP contribution in [0, 0.1) is 0 Å². The first kappa shape index (κ1) is 4.00.